The summed E-state index contributed by atoms with van der Waals surface area (Å²) in [7, 11) is 1.13. The monoisotopic (exact) mass is 339 g/mol. The molecule has 0 aliphatic rings. The van der Waals surface area contributed by atoms with E-state index in [9.17, 15) is 14.4 Å². The molecule has 2 rings (SSSR count). The number of rotatable bonds is 8. The molecular weight excluding hydrogens is 318 g/mol. The Labute approximate surface area is 147 Å². The maximum Gasteiger partial charge on any atom is 0.374 e. The molecule has 5 heteroatoms. The first-order valence-corrected chi connectivity index (χ1v) is 8.07. The molecule has 5 nitrogen and oxygen atoms in total. The lowest BCUT2D eigenvalue weighted by Gasteiger charge is -2.22. The first kappa shape index (κ1) is 18.4. The van der Waals surface area contributed by atoms with E-state index in [2.05, 4.69) is 4.74 Å². The van der Waals surface area contributed by atoms with Gasteiger partial charge in [0.2, 0.25) is 11.7 Å². The number of methoxy groups -OCH3 is 1. The molecule has 0 spiro atoms. The Morgan fingerprint density at radius 2 is 1.44 bits per heavy atom. The fraction of sp³-hybridized carbons (Fsp3) is 0.250. The molecule has 0 unspecified atom stereocenters. The maximum atomic E-state index is 12.5. The maximum absolute atomic E-state index is 12.5. The summed E-state index contributed by atoms with van der Waals surface area (Å²) in [5, 5.41) is 0. The van der Waals surface area contributed by atoms with Gasteiger partial charge in [-0.3, -0.25) is 9.59 Å². The Kier molecular flexibility index (Phi) is 6.89. The van der Waals surface area contributed by atoms with Crippen molar-refractivity contribution in [2.24, 2.45) is 0 Å². The molecule has 0 bridgehead atoms. The zero-order valence-electron chi connectivity index (χ0n) is 14.2. The van der Waals surface area contributed by atoms with Crippen LogP contribution in [0.4, 0.5) is 0 Å². The van der Waals surface area contributed by atoms with Crippen molar-refractivity contribution in [2.75, 3.05) is 13.7 Å². The zero-order valence-corrected chi connectivity index (χ0v) is 14.2. The highest BCUT2D eigenvalue weighted by Gasteiger charge is 2.22. The average Bonchev–Trinajstić information content (AvgIpc) is 2.65. The van der Waals surface area contributed by atoms with E-state index in [0.29, 0.717) is 19.5 Å². The summed E-state index contributed by atoms with van der Waals surface area (Å²) < 4.78 is 4.38. The van der Waals surface area contributed by atoms with Crippen molar-refractivity contribution in [3.05, 3.63) is 71.8 Å². The van der Waals surface area contributed by atoms with Crippen LogP contribution in [-0.2, 0) is 32.1 Å². The number of ether oxygens (including phenoxy) is 1. The van der Waals surface area contributed by atoms with Crippen LogP contribution >= 0.6 is 0 Å². The molecule has 0 radical (unpaired) electrons. The van der Waals surface area contributed by atoms with Crippen molar-refractivity contribution in [2.45, 2.75) is 19.4 Å². The highest BCUT2D eigenvalue weighted by Crippen LogP contribution is 2.09. The number of carbonyl (C=O) groups is 3. The Hall–Kier alpha value is -2.95. The molecule has 2 aromatic carbocycles. The van der Waals surface area contributed by atoms with Crippen molar-refractivity contribution < 1.29 is 19.1 Å². The minimum absolute atomic E-state index is 0.379. The summed E-state index contributed by atoms with van der Waals surface area (Å²) in [5.41, 5.74) is 2.07. The molecule has 0 heterocycles. The number of amides is 1. The average molecular weight is 339 g/mol. The number of ketones is 1. The van der Waals surface area contributed by atoms with Gasteiger partial charge in [-0.05, 0) is 17.5 Å². The second-order valence-electron chi connectivity index (χ2n) is 5.63. The molecule has 0 N–H and O–H groups in total. The van der Waals surface area contributed by atoms with Gasteiger partial charge in [-0.2, -0.15) is 0 Å². The van der Waals surface area contributed by atoms with Gasteiger partial charge >= 0.3 is 5.97 Å². The lowest BCUT2D eigenvalue weighted by Crippen LogP contribution is -2.35. The molecule has 0 aliphatic carbocycles. The predicted octanol–water partition coefficient (Wildman–Crippen LogP) is 2.39. The van der Waals surface area contributed by atoms with Gasteiger partial charge in [0.15, 0.2) is 0 Å². The van der Waals surface area contributed by atoms with Gasteiger partial charge in [0.25, 0.3) is 0 Å². The van der Waals surface area contributed by atoms with Gasteiger partial charge in [0, 0.05) is 13.1 Å². The van der Waals surface area contributed by atoms with E-state index in [0.717, 1.165) is 18.2 Å². The predicted molar refractivity (Wildman–Crippen MR) is 93.6 cm³/mol. The SMILES string of the molecule is COC(=O)C(=O)CC(=O)N(CCc1ccccc1)Cc1ccccc1. The highest BCUT2D eigenvalue weighted by atomic mass is 16.5. The van der Waals surface area contributed by atoms with Crippen LogP contribution in [-0.4, -0.2) is 36.2 Å². The zero-order chi connectivity index (χ0) is 18.1. The Bertz CT molecular complexity index is 713. The minimum atomic E-state index is -0.990. The van der Waals surface area contributed by atoms with Gasteiger partial charge in [0.05, 0.1) is 13.5 Å². The van der Waals surface area contributed by atoms with E-state index < -0.39 is 18.2 Å². The lowest BCUT2D eigenvalue weighted by atomic mass is 10.1. The normalized spacial score (nSPS) is 10.1. The van der Waals surface area contributed by atoms with E-state index in [1.807, 2.05) is 60.7 Å². The first-order valence-electron chi connectivity index (χ1n) is 8.07. The highest BCUT2D eigenvalue weighted by molar-refractivity contribution is 6.36. The number of hydrogen-bond donors (Lipinski definition) is 0. The van der Waals surface area contributed by atoms with Crippen LogP contribution < -0.4 is 0 Å². The summed E-state index contributed by atoms with van der Waals surface area (Å²) in [5.74, 6) is -2.20. The topological polar surface area (TPSA) is 63.7 Å². The number of carbonyl (C=O) groups excluding carboxylic acids is 3. The van der Waals surface area contributed by atoms with E-state index in [-0.39, 0.29) is 5.91 Å². The summed E-state index contributed by atoms with van der Waals surface area (Å²) in [6, 6.07) is 19.3. The minimum Gasteiger partial charge on any atom is -0.463 e. The van der Waals surface area contributed by atoms with Crippen LogP contribution in [0.3, 0.4) is 0 Å². The molecule has 0 fully saturated rings. The van der Waals surface area contributed by atoms with Gasteiger partial charge in [0.1, 0.15) is 0 Å². The molecule has 0 atom stereocenters. The fourth-order valence-electron chi connectivity index (χ4n) is 2.44. The third-order valence-corrected chi connectivity index (χ3v) is 3.81. The van der Waals surface area contributed by atoms with Gasteiger partial charge < -0.3 is 9.64 Å². The number of esters is 1. The van der Waals surface area contributed by atoms with Gasteiger partial charge in [-0.25, -0.2) is 4.79 Å². The second kappa shape index (κ2) is 9.37. The first-order chi connectivity index (χ1) is 12.1. The van der Waals surface area contributed by atoms with Crippen LogP contribution in [0.5, 0.6) is 0 Å². The van der Waals surface area contributed by atoms with Crippen molar-refractivity contribution in [1.29, 1.82) is 0 Å². The number of Topliss-reactive ketones (excluding diaryl/α,β-unsaturated/α-hetero) is 1. The molecule has 1 amide bonds. The number of hydrogen-bond acceptors (Lipinski definition) is 4. The molecule has 0 saturated heterocycles. The van der Waals surface area contributed by atoms with Crippen molar-refractivity contribution in [3.63, 3.8) is 0 Å². The number of benzene rings is 2. The molecular formula is C20H21NO4. The Balaban J connectivity index is 2.06. The van der Waals surface area contributed by atoms with Crippen LogP contribution in [0.1, 0.15) is 17.5 Å². The largest absolute Gasteiger partial charge is 0.463 e. The molecule has 2 aromatic rings. The van der Waals surface area contributed by atoms with E-state index in [1.165, 1.54) is 0 Å². The van der Waals surface area contributed by atoms with Gasteiger partial charge in [-0.15, -0.1) is 0 Å². The molecule has 0 aliphatic heterocycles. The van der Waals surface area contributed by atoms with E-state index in [4.69, 9.17) is 0 Å². The van der Waals surface area contributed by atoms with Crippen LogP contribution in [0, 0.1) is 0 Å². The van der Waals surface area contributed by atoms with Crippen LogP contribution in [0.2, 0.25) is 0 Å². The van der Waals surface area contributed by atoms with Crippen molar-refractivity contribution >= 4 is 17.7 Å². The number of nitrogens with zero attached hydrogens (tertiary/aromatic N) is 1. The fourth-order valence-corrected chi connectivity index (χ4v) is 2.44. The Morgan fingerprint density at radius 1 is 0.880 bits per heavy atom. The van der Waals surface area contributed by atoms with Crippen LogP contribution in [0.15, 0.2) is 60.7 Å². The molecule has 130 valence electrons. The van der Waals surface area contributed by atoms with E-state index >= 15 is 0 Å². The summed E-state index contributed by atoms with van der Waals surface area (Å²) in [6.45, 7) is 0.854. The molecule has 0 aromatic heterocycles. The lowest BCUT2D eigenvalue weighted by molar-refractivity contribution is -0.153. The molecule has 25 heavy (non-hydrogen) atoms. The van der Waals surface area contributed by atoms with Gasteiger partial charge in [-0.1, -0.05) is 60.7 Å². The summed E-state index contributed by atoms with van der Waals surface area (Å²) in [6.07, 6.45) is 0.195. The van der Waals surface area contributed by atoms with Crippen LogP contribution in [0.25, 0.3) is 0 Å². The summed E-state index contributed by atoms with van der Waals surface area (Å²) >= 11 is 0. The van der Waals surface area contributed by atoms with Crippen molar-refractivity contribution in [3.8, 4) is 0 Å². The quantitative estimate of drug-likeness (QED) is 0.421. The standard InChI is InChI=1S/C20H21NO4/c1-25-20(24)18(22)14-19(23)21(15-17-10-6-3-7-11-17)13-12-16-8-4-2-5-9-16/h2-11H,12-15H2,1H3. The summed E-state index contributed by atoms with van der Waals surface area (Å²) in [4.78, 5) is 37.1. The van der Waals surface area contributed by atoms with Crippen molar-refractivity contribution in [1.82, 2.24) is 4.90 Å². The smallest absolute Gasteiger partial charge is 0.374 e. The Morgan fingerprint density at radius 3 is 2.00 bits per heavy atom. The third kappa shape index (κ3) is 5.88. The molecule has 0 saturated carbocycles. The van der Waals surface area contributed by atoms with E-state index in [1.54, 1.807) is 4.90 Å². The second-order valence-corrected chi connectivity index (χ2v) is 5.63. The third-order valence-electron chi connectivity index (χ3n) is 3.81.